The van der Waals surface area contributed by atoms with Crippen LogP contribution in [-0.2, 0) is 14.1 Å². The van der Waals surface area contributed by atoms with Crippen LogP contribution in [0.25, 0.3) is 0 Å². The molecule has 0 saturated carbocycles. The number of rotatable bonds is 0. The Balaban J connectivity index is 3.42. The highest BCUT2D eigenvalue weighted by Crippen LogP contribution is 1.78. The molecule has 0 unspecified atom stereocenters. The van der Waals surface area contributed by atoms with Crippen molar-refractivity contribution in [3.63, 3.8) is 0 Å². The highest BCUT2D eigenvalue weighted by Gasteiger charge is 1.88. The van der Waals surface area contributed by atoms with Crippen LogP contribution in [0, 0.1) is 4.77 Å². The minimum Gasteiger partial charge on any atom is -0.222 e. The molecule has 0 fully saturated rings. The van der Waals surface area contributed by atoms with Crippen molar-refractivity contribution in [1.29, 1.82) is 0 Å². The maximum Gasteiger partial charge on any atom is 0.215 e. The molecule has 0 atom stereocenters. The third-order valence-electron chi connectivity index (χ3n) is 0.862. The van der Waals surface area contributed by atoms with Crippen LogP contribution in [0.3, 0.4) is 0 Å². The van der Waals surface area contributed by atoms with Gasteiger partial charge in [-0.3, -0.25) is 0 Å². The first-order valence-electron chi connectivity index (χ1n) is 2.15. The summed E-state index contributed by atoms with van der Waals surface area (Å²) in [4.78, 5) is 0. The number of aryl methyl sites for hydroxylation is 2. The molecule has 0 aliphatic heterocycles. The van der Waals surface area contributed by atoms with E-state index in [1.165, 1.54) is 9.36 Å². The van der Waals surface area contributed by atoms with E-state index in [1.807, 2.05) is 0 Å². The van der Waals surface area contributed by atoms with Crippen LogP contribution in [0.5, 0.6) is 0 Å². The normalized spacial score (nSPS) is 9.75. The smallest absolute Gasteiger partial charge is 0.215 e. The van der Waals surface area contributed by atoms with E-state index in [4.69, 9.17) is 12.2 Å². The lowest BCUT2D eigenvalue weighted by atomic mass is 11.1. The Bertz CT molecular complexity index is 211. The van der Waals surface area contributed by atoms with Gasteiger partial charge in [0.15, 0.2) is 0 Å². The minimum atomic E-state index is 0.630. The zero-order valence-electron chi connectivity index (χ0n) is 4.70. The van der Waals surface area contributed by atoms with Crippen molar-refractivity contribution in [2.24, 2.45) is 14.1 Å². The van der Waals surface area contributed by atoms with E-state index in [0.717, 1.165) is 0 Å². The standard InChI is InChI=1S/C3H6N4S/c1-6-3(8)7(2)5-4-6/h1-2H3. The zero-order chi connectivity index (χ0) is 6.15. The zero-order valence-corrected chi connectivity index (χ0v) is 5.51. The lowest BCUT2D eigenvalue weighted by Gasteiger charge is -1.80. The van der Waals surface area contributed by atoms with Crippen molar-refractivity contribution in [2.45, 2.75) is 0 Å². The number of nitrogens with zero attached hydrogens (tertiary/aromatic N) is 4. The molecule has 0 radical (unpaired) electrons. The predicted molar refractivity (Wildman–Crippen MR) is 30.8 cm³/mol. The summed E-state index contributed by atoms with van der Waals surface area (Å²) in [6.45, 7) is 0. The molecule has 5 heteroatoms. The Kier molecular flexibility index (Phi) is 1.13. The van der Waals surface area contributed by atoms with Crippen molar-refractivity contribution in [1.82, 2.24) is 19.8 Å². The summed E-state index contributed by atoms with van der Waals surface area (Å²) in [5.74, 6) is 0. The summed E-state index contributed by atoms with van der Waals surface area (Å²) in [7, 11) is 3.52. The van der Waals surface area contributed by atoms with Gasteiger partial charge in [0.25, 0.3) is 0 Å². The van der Waals surface area contributed by atoms with Gasteiger partial charge in [-0.1, -0.05) is 0 Å². The fourth-order valence-electron chi connectivity index (χ4n) is 0.406. The van der Waals surface area contributed by atoms with Gasteiger partial charge in [-0.2, -0.15) is 0 Å². The lowest BCUT2D eigenvalue weighted by Crippen LogP contribution is -1.91. The molecule has 0 amide bonds. The molecule has 0 N–H and O–H groups in total. The Morgan fingerprint density at radius 1 is 1.25 bits per heavy atom. The number of aromatic nitrogens is 4. The van der Waals surface area contributed by atoms with E-state index < -0.39 is 0 Å². The van der Waals surface area contributed by atoms with Gasteiger partial charge in [-0.05, 0) is 22.6 Å². The first-order chi connectivity index (χ1) is 3.72. The third-order valence-corrected chi connectivity index (χ3v) is 1.39. The topological polar surface area (TPSA) is 35.6 Å². The van der Waals surface area contributed by atoms with E-state index in [2.05, 4.69) is 10.4 Å². The lowest BCUT2D eigenvalue weighted by molar-refractivity contribution is 0.681. The van der Waals surface area contributed by atoms with E-state index in [0.29, 0.717) is 4.77 Å². The largest absolute Gasteiger partial charge is 0.222 e. The predicted octanol–water partition coefficient (Wildman–Crippen LogP) is -0.117. The molecule has 4 nitrogen and oxygen atoms in total. The molecular weight excluding hydrogens is 124 g/mol. The molecule has 44 valence electrons. The molecule has 1 rings (SSSR count). The second kappa shape index (κ2) is 1.66. The van der Waals surface area contributed by atoms with Gasteiger partial charge >= 0.3 is 0 Å². The van der Waals surface area contributed by atoms with E-state index in [9.17, 15) is 0 Å². The molecule has 0 aliphatic rings. The SMILES string of the molecule is Cn1nnn(C)c1=S. The third kappa shape index (κ3) is 0.645. The van der Waals surface area contributed by atoms with Crippen molar-refractivity contribution in [3.8, 4) is 0 Å². The minimum absolute atomic E-state index is 0.630. The maximum atomic E-state index is 4.83. The van der Waals surface area contributed by atoms with Crippen LogP contribution >= 0.6 is 12.2 Å². The Morgan fingerprint density at radius 2 is 1.62 bits per heavy atom. The summed E-state index contributed by atoms with van der Waals surface area (Å²) >= 11 is 4.83. The fraction of sp³-hybridized carbons (Fsp3) is 0.667. The van der Waals surface area contributed by atoms with Gasteiger partial charge < -0.3 is 0 Å². The Morgan fingerprint density at radius 3 is 1.75 bits per heavy atom. The molecular formula is C3H6N4S. The summed E-state index contributed by atoms with van der Waals surface area (Å²) in [6, 6.07) is 0. The van der Waals surface area contributed by atoms with Crippen LogP contribution in [-0.4, -0.2) is 19.8 Å². The van der Waals surface area contributed by atoms with Gasteiger partial charge in [0.2, 0.25) is 4.77 Å². The molecule has 1 aromatic heterocycles. The summed E-state index contributed by atoms with van der Waals surface area (Å²) in [5, 5.41) is 7.28. The molecule has 1 aromatic rings. The molecule has 1 heterocycles. The van der Waals surface area contributed by atoms with Crippen LogP contribution < -0.4 is 0 Å². The Labute approximate surface area is 51.7 Å². The average Bonchev–Trinajstić information content (AvgIpc) is 1.98. The van der Waals surface area contributed by atoms with E-state index in [-0.39, 0.29) is 0 Å². The van der Waals surface area contributed by atoms with Crippen molar-refractivity contribution < 1.29 is 0 Å². The highest BCUT2D eigenvalue weighted by atomic mass is 32.1. The van der Waals surface area contributed by atoms with Gasteiger partial charge in [0, 0.05) is 14.1 Å². The monoisotopic (exact) mass is 130 g/mol. The van der Waals surface area contributed by atoms with Crippen LogP contribution in [0.2, 0.25) is 0 Å². The maximum absolute atomic E-state index is 4.83. The number of hydrogen-bond donors (Lipinski definition) is 0. The van der Waals surface area contributed by atoms with Gasteiger partial charge in [-0.25, -0.2) is 9.36 Å². The molecule has 0 aromatic carbocycles. The summed E-state index contributed by atoms with van der Waals surface area (Å²) < 4.78 is 3.70. The first kappa shape index (κ1) is 5.43. The van der Waals surface area contributed by atoms with E-state index in [1.54, 1.807) is 14.1 Å². The average molecular weight is 130 g/mol. The second-order valence-electron chi connectivity index (χ2n) is 1.51. The number of hydrogen-bond acceptors (Lipinski definition) is 3. The highest BCUT2D eigenvalue weighted by molar-refractivity contribution is 7.71. The van der Waals surface area contributed by atoms with Gasteiger partial charge in [0.05, 0.1) is 0 Å². The Hall–Kier alpha value is -0.710. The van der Waals surface area contributed by atoms with Crippen LogP contribution in [0.1, 0.15) is 0 Å². The van der Waals surface area contributed by atoms with Gasteiger partial charge in [-0.15, -0.1) is 0 Å². The summed E-state index contributed by atoms with van der Waals surface area (Å²) in [5.41, 5.74) is 0. The molecule has 0 saturated heterocycles. The first-order valence-corrected chi connectivity index (χ1v) is 2.55. The molecule has 0 aliphatic carbocycles. The quantitative estimate of drug-likeness (QED) is 0.459. The molecule has 0 bridgehead atoms. The fourth-order valence-corrected chi connectivity index (χ4v) is 0.479. The summed E-state index contributed by atoms with van der Waals surface area (Å²) in [6.07, 6.45) is 0. The molecule has 8 heavy (non-hydrogen) atoms. The van der Waals surface area contributed by atoms with E-state index >= 15 is 0 Å². The van der Waals surface area contributed by atoms with Gasteiger partial charge in [0.1, 0.15) is 0 Å². The van der Waals surface area contributed by atoms with Crippen molar-refractivity contribution in [2.75, 3.05) is 0 Å². The van der Waals surface area contributed by atoms with Crippen LogP contribution in [0.15, 0.2) is 0 Å². The van der Waals surface area contributed by atoms with Crippen LogP contribution in [0.4, 0.5) is 0 Å². The second-order valence-corrected chi connectivity index (χ2v) is 1.87. The van der Waals surface area contributed by atoms with Crippen molar-refractivity contribution >= 4 is 12.2 Å². The number of tetrazole rings is 1. The van der Waals surface area contributed by atoms with Crippen molar-refractivity contribution in [3.05, 3.63) is 4.77 Å². The molecule has 0 spiro atoms.